The topological polar surface area (TPSA) is 59.9 Å². The molecule has 0 aliphatic rings. The molecular weight excluding hydrogens is 385 g/mol. The number of rotatable bonds is 5. The molecule has 0 bridgehead atoms. The van der Waals surface area contributed by atoms with Gasteiger partial charge in [0.05, 0.1) is 16.2 Å². The number of thioether (sulfide) groups is 1. The van der Waals surface area contributed by atoms with E-state index in [1.807, 2.05) is 0 Å². The number of sulfone groups is 1. The number of nitrogens with zero attached hydrogens (tertiary/aromatic N) is 2. The van der Waals surface area contributed by atoms with Gasteiger partial charge in [0.1, 0.15) is 5.03 Å². The molecule has 0 unspecified atom stereocenters. The molecule has 0 spiro atoms. The molecule has 0 aliphatic carbocycles. The molecule has 0 N–H and O–H groups in total. The van der Waals surface area contributed by atoms with Crippen molar-refractivity contribution in [3.8, 4) is 0 Å². The third kappa shape index (κ3) is 4.16. The van der Waals surface area contributed by atoms with Crippen LogP contribution < -0.4 is 0 Å². The Balaban J connectivity index is 1.85. The molecule has 0 aliphatic heterocycles. The maximum atomic E-state index is 13.0. The van der Waals surface area contributed by atoms with Gasteiger partial charge in [0, 0.05) is 11.1 Å². The number of para-hydroxylation sites is 1. The molecule has 0 amide bonds. The number of hydrogen-bond donors (Lipinski definition) is 0. The van der Waals surface area contributed by atoms with Crippen LogP contribution in [0.5, 0.6) is 0 Å². The number of aromatic nitrogens is 2. The van der Waals surface area contributed by atoms with Crippen LogP contribution in [0.4, 0.5) is 13.2 Å². The molecule has 1 aromatic heterocycles. The highest BCUT2D eigenvalue weighted by atomic mass is 32.2. The van der Waals surface area contributed by atoms with E-state index >= 15 is 0 Å². The SMILES string of the molecule is O=S(=O)(CCSc1nc(C(F)(F)F)nc2ccccc12)c1ccccc1. The van der Waals surface area contributed by atoms with Gasteiger partial charge >= 0.3 is 6.18 Å². The van der Waals surface area contributed by atoms with Gasteiger partial charge in [-0.05, 0) is 18.2 Å². The summed E-state index contributed by atoms with van der Waals surface area (Å²) in [7, 11) is -3.51. The van der Waals surface area contributed by atoms with Crippen molar-refractivity contribution >= 4 is 32.5 Å². The summed E-state index contributed by atoms with van der Waals surface area (Å²) in [5.74, 6) is -1.36. The largest absolute Gasteiger partial charge is 0.451 e. The van der Waals surface area contributed by atoms with Crippen LogP contribution in [0, 0.1) is 0 Å². The Bertz CT molecular complexity index is 1020. The average Bonchev–Trinajstić information content (AvgIpc) is 2.61. The Kier molecular flexibility index (Phi) is 5.19. The van der Waals surface area contributed by atoms with Crippen LogP contribution in [0.2, 0.25) is 0 Å². The van der Waals surface area contributed by atoms with Crippen LogP contribution in [0.25, 0.3) is 10.9 Å². The van der Waals surface area contributed by atoms with Gasteiger partial charge in [0.15, 0.2) is 9.84 Å². The van der Waals surface area contributed by atoms with Gasteiger partial charge in [-0.3, -0.25) is 0 Å². The van der Waals surface area contributed by atoms with E-state index in [0.717, 1.165) is 11.8 Å². The lowest BCUT2D eigenvalue weighted by Crippen LogP contribution is -2.12. The van der Waals surface area contributed by atoms with Gasteiger partial charge < -0.3 is 0 Å². The fraction of sp³-hybridized carbons (Fsp3) is 0.176. The summed E-state index contributed by atoms with van der Waals surface area (Å²) in [6.45, 7) is 0. The van der Waals surface area contributed by atoms with Gasteiger partial charge in [-0.15, -0.1) is 11.8 Å². The van der Waals surface area contributed by atoms with Gasteiger partial charge in [0.25, 0.3) is 0 Å². The van der Waals surface area contributed by atoms with Gasteiger partial charge in [-0.1, -0.05) is 36.4 Å². The number of benzene rings is 2. The van der Waals surface area contributed by atoms with E-state index in [-0.39, 0.29) is 26.9 Å². The molecule has 136 valence electrons. The van der Waals surface area contributed by atoms with Crippen molar-refractivity contribution in [3.05, 3.63) is 60.4 Å². The lowest BCUT2D eigenvalue weighted by molar-refractivity contribution is -0.145. The standard InChI is InChI=1S/C17H13F3N2O2S2/c18-17(19,20)16-21-14-9-5-4-8-13(14)15(22-16)25-10-11-26(23,24)12-6-2-1-3-7-12/h1-9H,10-11H2. The molecule has 0 radical (unpaired) electrons. The van der Waals surface area contributed by atoms with Gasteiger partial charge in [0.2, 0.25) is 5.82 Å². The van der Waals surface area contributed by atoms with E-state index in [2.05, 4.69) is 9.97 Å². The van der Waals surface area contributed by atoms with Crippen LogP contribution in [-0.4, -0.2) is 29.9 Å². The Hall–Kier alpha value is -2.13. The van der Waals surface area contributed by atoms with Crippen LogP contribution >= 0.6 is 11.8 Å². The quantitative estimate of drug-likeness (QED) is 0.476. The van der Waals surface area contributed by atoms with Crippen molar-refractivity contribution in [2.75, 3.05) is 11.5 Å². The summed E-state index contributed by atoms with van der Waals surface area (Å²) < 4.78 is 63.6. The molecule has 0 saturated carbocycles. The predicted molar refractivity (Wildman–Crippen MR) is 93.8 cm³/mol. The van der Waals surface area contributed by atoms with Crippen molar-refractivity contribution in [2.24, 2.45) is 0 Å². The Morgan fingerprint density at radius 1 is 0.923 bits per heavy atom. The second kappa shape index (κ2) is 7.24. The molecule has 9 heteroatoms. The van der Waals surface area contributed by atoms with Crippen molar-refractivity contribution in [1.82, 2.24) is 9.97 Å². The van der Waals surface area contributed by atoms with Crippen LogP contribution in [0.15, 0.2) is 64.5 Å². The molecule has 3 aromatic rings. The van der Waals surface area contributed by atoms with Crippen LogP contribution in [0.3, 0.4) is 0 Å². The molecule has 0 saturated heterocycles. The third-order valence-corrected chi connectivity index (χ3v) is 6.50. The van der Waals surface area contributed by atoms with E-state index in [0.29, 0.717) is 5.39 Å². The zero-order valence-corrected chi connectivity index (χ0v) is 14.9. The minimum absolute atomic E-state index is 0.0789. The summed E-state index contributed by atoms with van der Waals surface area (Å²) in [4.78, 5) is 7.32. The Morgan fingerprint density at radius 3 is 2.27 bits per heavy atom. The molecule has 1 heterocycles. The number of halogens is 3. The lowest BCUT2D eigenvalue weighted by Gasteiger charge is -2.10. The normalized spacial score (nSPS) is 12.4. The maximum Gasteiger partial charge on any atom is 0.451 e. The van der Waals surface area contributed by atoms with Gasteiger partial charge in [-0.2, -0.15) is 13.2 Å². The molecule has 0 atom stereocenters. The van der Waals surface area contributed by atoms with Crippen molar-refractivity contribution in [2.45, 2.75) is 16.1 Å². The molecule has 0 fully saturated rings. The fourth-order valence-electron chi connectivity index (χ4n) is 2.28. The molecule has 3 rings (SSSR count). The first-order valence-electron chi connectivity index (χ1n) is 7.52. The van der Waals surface area contributed by atoms with Crippen molar-refractivity contribution in [3.63, 3.8) is 0 Å². The first-order valence-corrected chi connectivity index (χ1v) is 10.2. The second-order valence-electron chi connectivity index (χ2n) is 5.35. The Labute approximate surface area is 152 Å². The second-order valence-corrected chi connectivity index (χ2v) is 8.54. The van der Waals surface area contributed by atoms with E-state index in [4.69, 9.17) is 0 Å². The maximum absolute atomic E-state index is 13.0. The Morgan fingerprint density at radius 2 is 1.58 bits per heavy atom. The first kappa shape index (κ1) is 18.7. The predicted octanol–water partition coefficient (Wildman–Crippen LogP) is 4.21. The molecular formula is C17H13F3N2O2S2. The zero-order chi connectivity index (χ0) is 18.8. The van der Waals surface area contributed by atoms with Crippen LogP contribution in [-0.2, 0) is 16.0 Å². The minimum atomic E-state index is -4.67. The smallest absolute Gasteiger partial charge is 0.224 e. The minimum Gasteiger partial charge on any atom is -0.224 e. The number of fused-ring (bicyclic) bond motifs is 1. The highest BCUT2D eigenvalue weighted by molar-refractivity contribution is 8.00. The zero-order valence-electron chi connectivity index (χ0n) is 13.3. The van der Waals surface area contributed by atoms with E-state index in [1.54, 1.807) is 36.4 Å². The molecule has 26 heavy (non-hydrogen) atoms. The summed E-state index contributed by atoms with van der Waals surface area (Å²) in [5, 5.41) is 0.578. The van der Waals surface area contributed by atoms with Crippen molar-refractivity contribution in [1.29, 1.82) is 0 Å². The van der Waals surface area contributed by atoms with E-state index in [1.165, 1.54) is 18.2 Å². The van der Waals surface area contributed by atoms with Crippen molar-refractivity contribution < 1.29 is 21.6 Å². The highest BCUT2D eigenvalue weighted by Gasteiger charge is 2.35. The summed E-state index contributed by atoms with van der Waals surface area (Å²) in [6, 6.07) is 14.3. The first-order chi connectivity index (χ1) is 12.3. The highest BCUT2D eigenvalue weighted by Crippen LogP contribution is 2.32. The number of hydrogen-bond acceptors (Lipinski definition) is 5. The monoisotopic (exact) mass is 398 g/mol. The lowest BCUT2D eigenvalue weighted by atomic mass is 10.2. The average molecular weight is 398 g/mol. The van der Waals surface area contributed by atoms with E-state index in [9.17, 15) is 21.6 Å². The summed E-state index contributed by atoms with van der Waals surface area (Å²) >= 11 is 0.971. The number of alkyl halides is 3. The fourth-order valence-corrected chi connectivity index (χ4v) is 4.97. The third-order valence-electron chi connectivity index (χ3n) is 3.51. The molecule has 4 nitrogen and oxygen atoms in total. The van der Waals surface area contributed by atoms with Crippen LogP contribution in [0.1, 0.15) is 5.82 Å². The summed E-state index contributed by atoms with van der Waals surface area (Å²) in [5.41, 5.74) is 0.170. The summed E-state index contributed by atoms with van der Waals surface area (Å²) in [6.07, 6.45) is -4.67. The van der Waals surface area contributed by atoms with E-state index < -0.39 is 21.8 Å². The molecule has 2 aromatic carbocycles. The van der Waals surface area contributed by atoms with Gasteiger partial charge in [-0.25, -0.2) is 18.4 Å².